The summed E-state index contributed by atoms with van der Waals surface area (Å²) >= 11 is 0. The molecule has 44 heavy (non-hydrogen) atoms. The summed E-state index contributed by atoms with van der Waals surface area (Å²) in [5.41, 5.74) is 0. The number of hydrogen-bond acceptors (Lipinski definition) is 5. The summed E-state index contributed by atoms with van der Waals surface area (Å²) in [6.07, 6.45) is 39.8. The predicted molar refractivity (Wildman–Crippen MR) is 187 cm³/mol. The molecule has 0 aliphatic rings. The maximum absolute atomic E-state index is 12.5. The lowest BCUT2D eigenvalue weighted by Gasteiger charge is -2.18. The van der Waals surface area contributed by atoms with Crippen molar-refractivity contribution in [3.05, 3.63) is 48.6 Å². The summed E-state index contributed by atoms with van der Waals surface area (Å²) < 4.78 is 17.0. The summed E-state index contributed by atoms with van der Waals surface area (Å²) in [4.78, 5) is 24.8. The molecule has 0 aromatic rings. The number of carbonyl (C=O) groups is 2. The highest BCUT2D eigenvalue weighted by Gasteiger charge is 2.17. The van der Waals surface area contributed by atoms with Crippen molar-refractivity contribution in [1.29, 1.82) is 0 Å². The van der Waals surface area contributed by atoms with Crippen molar-refractivity contribution >= 4 is 11.9 Å². The molecule has 0 fully saturated rings. The molecule has 0 spiro atoms. The minimum absolute atomic E-state index is 0.0488. The first kappa shape index (κ1) is 41.9. The van der Waals surface area contributed by atoms with Crippen molar-refractivity contribution in [3.8, 4) is 0 Å². The molecule has 0 N–H and O–H groups in total. The van der Waals surface area contributed by atoms with E-state index in [0.717, 1.165) is 57.8 Å². The van der Waals surface area contributed by atoms with Crippen molar-refractivity contribution in [2.75, 3.05) is 19.8 Å². The zero-order chi connectivity index (χ0) is 32.2. The number of ether oxygens (including phenoxy) is 3. The van der Waals surface area contributed by atoms with E-state index in [2.05, 4.69) is 63.3 Å². The molecular formula is C39H68O5. The molecule has 0 saturated carbocycles. The number of carbonyl (C=O) groups excluding carboxylic acids is 2. The summed E-state index contributed by atoms with van der Waals surface area (Å²) in [5, 5.41) is 0. The van der Waals surface area contributed by atoms with E-state index in [9.17, 15) is 9.59 Å². The van der Waals surface area contributed by atoms with Crippen LogP contribution in [0.4, 0.5) is 0 Å². The van der Waals surface area contributed by atoms with Gasteiger partial charge >= 0.3 is 11.9 Å². The van der Waals surface area contributed by atoms with Gasteiger partial charge in [0.1, 0.15) is 6.61 Å². The highest BCUT2D eigenvalue weighted by molar-refractivity contribution is 5.70. The van der Waals surface area contributed by atoms with Gasteiger partial charge in [0.15, 0.2) is 6.10 Å². The van der Waals surface area contributed by atoms with E-state index in [1.807, 2.05) is 6.08 Å². The van der Waals surface area contributed by atoms with Crippen LogP contribution < -0.4 is 0 Å². The molecule has 5 nitrogen and oxygen atoms in total. The van der Waals surface area contributed by atoms with Gasteiger partial charge in [-0.25, -0.2) is 0 Å². The Hall–Kier alpha value is -2.14. The largest absolute Gasteiger partial charge is 0.462 e. The monoisotopic (exact) mass is 617 g/mol. The minimum Gasteiger partial charge on any atom is -0.462 e. The third-order valence-electron chi connectivity index (χ3n) is 7.39. The van der Waals surface area contributed by atoms with Crippen LogP contribution in [0.5, 0.6) is 0 Å². The van der Waals surface area contributed by atoms with Gasteiger partial charge in [-0.2, -0.15) is 0 Å². The van der Waals surface area contributed by atoms with E-state index in [-0.39, 0.29) is 25.2 Å². The molecule has 0 amide bonds. The Bertz CT molecular complexity index is 752. The number of unbranched alkanes of at least 4 members (excludes halogenated alkanes) is 13. The van der Waals surface area contributed by atoms with Crippen molar-refractivity contribution < 1.29 is 23.8 Å². The summed E-state index contributed by atoms with van der Waals surface area (Å²) in [7, 11) is 0. The Kier molecular flexibility index (Phi) is 33.6. The molecule has 0 aromatic heterocycles. The van der Waals surface area contributed by atoms with Crippen LogP contribution in [0, 0.1) is 0 Å². The fourth-order valence-electron chi connectivity index (χ4n) is 4.70. The Morgan fingerprint density at radius 3 is 1.59 bits per heavy atom. The standard InChI is InChI=1S/C39H68O5/c1-4-7-10-13-16-18-19-20-21-22-24-26-29-32-38(40)43-36-37(35-42-34-31-28-25-17-14-11-8-5-2)44-39(41)33-30-27-23-15-12-9-6-3/h7,10,16,18,20-21,24,26,37H,4-6,8-9,11-15,17,19,22-23,25,27-36H2,1-3H3/b10-7-,18-16-,21-20-,26-24-. The van der Waals surface area contributed by atoms with Crippen LogP contribution in [-0.4, -0.2) is 37.9 Å². The van der Waals surface area contributed by atoms with E-state index in [1.165, 1.54) is 64.2 Å². The van der Waals surface area contributed by atoms with Crippen molar-refractivity contribution in [1.82, 2.24) is 0 Å². The molecule has 0 aromatic carbocycles. The quantitative estimate of drug-likeness (QED) is 0.0427. The first-order chi connectivity index (χ1) is 21.6. The van der Waals surface area contributed by atoms with Gasteiger partial charge in [-0.15, -0.1) is 0 Å². The van der Waals surface area contributed by atoms with Crippen molar-refractivity contribution in [3.63, 3.8) is 0 Å². The second kappa shape index (κ2) is 35.3. The summed E-state index contributed by atoms with van der Waals surface area (Å²) in [6.45, 7) is 7.56. The second-order valence-electron chi connectivity index (χ2n) is 11.8. The van der Waals surface area contributed by atoms with Crippen LogP contribution in [-0.2, 0) is 23.8 Å². The molecule has 0 saturated heterocycles. The SMILES string of the molecule is CC/C=C\C/C=C\C/C=C\C/C=C\CCC(=O)OCC(COCCCCCCCCCC)OC(=O)CCCCCCCCC. The fourth-order valence-corrected chi connectivity index (χ4v) is 4.70. The normalized spacial score (nSPS) is 12.7. The summed E-state index contributed by atoms with van der Waals surface area (Å²) in [6, 6.07) is 0. The van der Waals surface area contributed by atoms with E-state index in [0.29, 0.717) is 25.9 Å². The topological polar surface area (TPSA) is 61.8 Å². The molecule has 0 heterocycles. The molecule has 254 valence electrons. The zero-order valence-electron chi connectivity index (χ0n) is 28.9. The molecule has 5 heteroatoms. The Morgan fingerprint density at radius 2 is 1.02 bits per heavy atom. The van der Waals surface area contributed by atoms with E-state index in [4.69, 9.17) is 14.2 Å². The minimum atomic E-state index is -0.553. The van der Waals surface area contributed by atoms with Gasteiger partial charge in [0, 0.05) is 19.4 Å². The van der Waals surface area contributed by atoms with Crippen LogP contribution in [0.15, 0.2) is 48.6 Å². The van der Waals surface area contributed by atoms with Crippen LogP contribution >= 0.6 is 0 Å². The predicted octanol–water partition coefficient (Wildman–Crippen LogP) is 11.3. The van der Waals surface area contributed by atoms with E-state index >= 15 is 0 Å². The average Bonchev–Trinajstić information content (AvgIpc) is 3.02. The summed E-state index contributed by atoms with van der Waals surface area (Å²) in [5.74, 6) is -0.501. The van der Waals surface area contributed by atoms with Crippen LogP contribution in [0.25, 0.3) is 0 Å². The maximum Gasteiger partial charge on any atom is 0.306 e. The molecule has 0 aliphatic heterocycles. The highest BCUT2D eigenvalue weighted by atomic mass is 16.6. The van der Waals surface area contributed by atoms with Crippen molar-refractivity contribution in [2.45, 2.75) is 168 Å². The Morgan fingerprint density at radius 1 is 0.523 bits per heavy atom. The van der Waals surface area contributed by atoms with E-state index in [1.54, 1.807) is 0 Å². The second-order valence-corrected chi connectivity index (χ2v) is 11.8. The molecular weight excluding hydrogens is 548 g/mol. The lowest BCUT2D eigenvalue weighted by atomic mass is 10.1. The van der Waals surface area contributed by atoms with Crippen molar-refractivity contribution in [2.24, 2.45) is 0 Å². The van der Waals surface area contributed by atoms with Crippen LogP contribution in [0.2, 0.25) is 0 Å². The smallest absolute Gasteiger partial charge is 0.306 e. The lowest BCUT2D eigenvalue weighted by molar-refractivity contribution is -0.162. The van der Waals surface area contributed by atoms with Gasteiger partial charge in [-0.05, 0) is 44.9 Å². The molecule has 0 rings (SSSR count). The first-order valence-electron chi connectivity index (χ1n) is 18.2. The molecule has 0 bridgehead atoms. The number of rotatable bonds is 32. The third kappa shape index (κ3) is 32.8. The molecule has 1 unspecified atom stereocenters. The molecule has 0 radical (unpaired) electrons. The van der Waals surface area contributed by atoms with Gasteiger partial charge in [0.05, 0.1) is 6.61 Å². The highest BCUT2D eigenvalue weighted by Crippen LogP contribution is 2.11. The number of hydrogen-bond donors (Lipinski definition) is 0. The van der Waals surface area contributed by atoms with Gasteiger partial charge in [0.2, 0.25) is 0 Å². The van der Waals surface area contributed by atoms with Gasteiger partial charge in [-0.3, -0.25) is 9.59 Å². The maximum atomic E-state index is 12.5. The zero-order valence-corrected chi connectivity index (χ0v) is 28.9. The average molecular weight is 617 g/mol. The third-order valence-corrected chi connectivity index (χ3v) is 7.39. The van der Waals surface area contributed by atoms with E-state index < -0.39 is 6.10 Å². The first-order valence-corrected chi connectivity index (χ1v) is 18.2. The van der Waals surface area contributed by atoms with Gasteiger partial charge in [-0.1, -0.05) is 153 Å². The van der Waals surface area contributed by atoms with Gasteiger partial charge < -0.3 is 14.2 Å². The van der Waals surface area contributed by atoms with Gasteiger partial charge in [0.25, 0.3) is 0 Å². The lowest BCUT2D eigenvalue weighted by Crippen LogP contribution is -2.30. The molecule has 0 aliphatic carbocycles. The Labute approximate surface area is 272 Å². The van der Waals surface area contributed by atoms with Crippen LogP contribution in [0.1, 0.15) is 162 Å². The number of allylic oxidation sites excluding steroid dienone is 8. The number of esters is 2. The fraction of sp³-hybridized carbons (Fsp3) is 0.744. The van der Waals surface area contributed by atoms with Crippen LogP contribution in [0.3, 0.4) is 0 Å². The Balaban J connectivity index is 4.31. The molecule has 1 atom stereocenters.